The van der Waals surface area contributed by atoms with Crippen molar-refractivity contribution in [1.82, 2.24) is 4.90 Å². The molecule has 3 heteroatoms. The van der Waals surface area contributed by atoms with Crippen molar-refractivity contribution < 1.29 is 4.74 Å². The zero-order valence-electron chi connectivity index (χ0n) is 11.0. The molecule has 0 aliphatic heterocycles. The lowest BCUT2D eigenvalue weighted by Gasteiger charge is -2.22. The molecule has 0 saturated heterocycles. The van der Waals surface area contributed by atoms with Crippen molar-refractivity contribution in [3.63, 3.8) is 0 Å². The van der Waals surface area contributed by atoms with Gasteiger partial charge >= 0.3 is 0 Å². The first-order valence-corrected chi connectivity index (χ1v) is 6.75. The normalized spacial score (nSPS) is 12.8. The summed E-state index contributed by atoms with van der Waals surface area (Å²) in [5.74, 6) is 2.59. The van der Waals surface area contributed by atoms with Gasteiger partial charge in [0, 0.05) is 18.7 Å². The van der Waals surface area contributed by atoms with E-state index in [1.54, 1.807) is 7.11 Å². The van der Waals surface area contributed by atoms with Gasteiger partial charge in [-0.05, 0) is 24.8 Å². The summed E-state index contributed by atoms with van der Waals surface area (Å²) in [7, 11) is 3.87. The number of hydrogen-bond donors (Lipinski definition) is 1. The number of nitrogens with zero attached hydrogens (tertiary/aromatic N) is 1. The van der Waals surface area contributed by atoms with Crippen LogP contribution in [-0.4, -0.2) is 31.4 Å². The van der Waals surface area contributed by atoms with Crippen LogP contribution in [0.2, 0.25) is 0 Å². The highest BCUT2D eigenvalue weighted by Crippen LogP contribution is 2.19. The summed E-state index contributed by atoms with van der Waals surface area (Å²) in [5.41, 5.74) is 1.24. The molecule has 1 aromatic rings. The summed E-state index contributed by atoms with van der Waals surface area (Å²) < 4.78 is 5.36. The van der Waals surface area contributed by atoms with Gasteiger partial charge < -0.3 is 9.64 Å². The summed E-state index contributed by atoms with van der Waals surface area (Å²) in [6, 6.07) is 8.20. The fraction of sp³-hybridized carbons (Fsp3) is 0.571. The largest absolute Gasteiger partial charge is 0.496 e. The number of rotatable bonds is 7. The molecule has 96 valence electrons. The van der Waals surface area contributed by atoms with Crippen LogP contribution >= 0.6 is 12.6 Å². The maximum atomic E-state index is 5.36. The predicted octanol–water partition coefficient (Wildman–Crippen LogP) is 3.08. The van der Waals surface area contributed by atoms with Gasteiger partial charge in [0.2, 0.25) is 0 Å². The minimum Gasteiger partial charge on any atom is -0.496 e. The van der Waals surface area contributed by atoms with Crippen LogP contribution in [-0.2, 0) is 6.54 Å². The summed E-state index contributed by atoms with van der Waals surface area (Å²) >= 11 is 4.38. The molecule has 17 heavy (non-hydrogen) atoms. The van der Waals surface area contributed by atoms with Crippen LogP contribution in [0.25, 0.3) is 0 Å². The molecule has 1 atom stereocenters. The second kappa shape index (κ2) is 7.62. The van der Waals surface area contributed by atoms with Gasteiger partial charge in [-0.2, -0.15) is 12.6 Å². The standard InChI is InChI=1S/C14H23NOS/c1-4-12(11-17)9-15(2)10-13-7-5-6-8-14(13)16-3/h5-8,12,17H,4,9-11H2,1-3H3. The molecule has 0 aliphatic rings. The molecule has 1 aromatic carbocycles. The van der Waals surface area contributed by atoms with E-state index in [-0.39, 0.29) is 0 Å². The fourth-order valence-electron chi connectivity index (χ4n) is 1.95. The van der Waals surface area contributed by atoms with Gasteiger partial charge in [0.25, 0.3) is 0 Å². The average Bonchev–Trinajstić information content (AvgIpc) is 2.36. The Morgan fingerprint density at radius 1 is 1.35 bits per heavy atom. The SMILES string of the molecule is CCC(CS)CN(C)Cc1ccccc1OC. The Hall–Kier alpha value is -0.670. The lowest BCUT2D eigenvalue weighted by Crippen LogP contribution is -2.26. The molecular formula is C14H23NOS. The van der Waals surface area contributed by atoms with Gasteiger partial charge in [0.05, 0.1) is 7.11 Å². The Kier molecular flexibility index (Phi) is 6.45. The van der Waals surface area contributed by atoms with E-state index >= 15 is 0 Å². The van der Waals surface area contributed by atoms with Crippen molar-refractivity contribution in [2.45, 2.75) is 19.9 Å². The molecule has 0 spiro atoms. The predicted molar refractivity (Wildman–Crippen MR) is 77.0 cm³/mol. The molecule has 0 amide bonds. The molecule has 2 nitrogen and oxygen atoms in total. The highest BCUT2D eigenvalue weighted by molar-refractivity contribution is 7.80. The number of ether oxygens (including phenoxy) is 1. The molecule has 0 aromatic heterocycles. The van der Waals surface area contributed by atoms with Crippen LogP contribution in [0, 0.1) is 5.92 Å². The van der Waals surface area contributed by atoms with E-state index in [0.29, 0.717) is 5.92 Å². The first-order valence-electron chi connectivity index (χ1n) is 6.12. The number of benzene rings is 1. The number of hydrogen-bond acceptors (Lipinski definition) is 3. The highest BCUT2D eigenvalue weighted by atomic mass is 32.1. The summed E-state index contributed by atoms with van der Waals surface area (Å²) in [6.45, 7) is 4.23. The first kappa shape index (κ1) is 14.4. The number of thiol groups is 1. The van der Waals surface area contributed by atoms with Gasteiger partial charge in [0.15, 0.2) is 0 Å². The Labute approximate surface area is 110 Å². The number of methoxy groups -OCH3 is 1. The summed E-state index contributed by atoms with van der Waals surface area (Å²) in [5, 5.41) is 0. The van der Waals surface area contributed by atoms with Crippen molar-refractivity contribution in [2.75, 3.05) is 26.5 Å². The molecular weight excluding hydrogens is 230 g/mol. The lowest BCUT2D eigenvalue weighted by molar-refractivity contribution is 0.273. The van der Waals surface area contributed by atoms with E-state index < -0.39 is 0 Å². The minimum absolute atomic E-state index is 0.665. The summed E-state index contributed by atoms with van der Waals surface area (Å²) in [4.78, 5) is 2.34. The van der Waals surface area contributed by atoms with E-state index in [4.69, 9.17) is 4.74 Å². The molecule has 1 unspecified atom stereocenters. The van der Waals surface area contributed by atoms with Crippen molar-refractivity contribution in [2.24, 2.45) is 5.92 Å². The van der Waals surface area contributed by atoms with Gasteiger partial charge in [-0.15, -0.1) is 0 Å². The van der Waals surface area contributed by atoms with E-state index in [0.717, 1.165) is 24.6 Å². The topological polar surface area (TPSA) is 12.5 Å². The molecule has 0 bridgehead atoms. The van der Waals surface area contributed by atoms with Gasteiger partial charge in [-0.1, -0.05) is 31.5 Å². The number of para-hydroxylation sites is 1. The Bertz CT molecular complexity index is 326. The highest BCUT2D eigenvalue weighted by Gasteiger charge is 2.10. The van der Waals surface area contributed by atoms with Crippen LogP contribution in [0.4, 0.5) is 0 Å². The third-order valence-electron chi connectivity index (χ3n) is 3.04. The molecule has 0 N–H and O–H groups in total. The van der Waals surface area contributed by atoms with Crippen LogP contribution in [0.15, 0.2) is 24.3 Å². The third kappa shape index (κ3) is 4.60. The molecule has 0 radical (unpaired) electrons. The summed E-state index contributed by atoms with van der Waals surface area (Å²) in [6.07, 6.45) is 1.18. The van der Waals surface area contributed by atoms with Gasteiger partial charge in [-0.25, -0.2) is 0 Å². The van der Waals surface area contributed by atoms with Crippen molar-refractivity contribution in [3.05, 3.63) is 29.8 Å². The quantitative estimate of drug-likeness (QED) is 0.750. The van der Waals surface area contributed by atoms with Gasteiger partial charge in [-0.3, -0.25) is 0 Å². The van der Waals surface area contributed by atoms with E-state index in [1.165, 1.54) is 12.0 Å². The minimum atomic E-state index is 0.665. The van der Waals surface area contributed by atoms with Crippen LogP contribution in [0.5, 0.6) is 5.75 Å². The molecule has 1 rings (SSSR count). The smallest absolute Gasteiger partial charge is 0.123 e. The van der Waals surface area contributed by atoms with E-state index in [1.807, 2.05) is 12.1 Å². The molecule has 0 aliphatic carbocycles. The van der Waals surface area contributed by atoms with Crippen LogP contribution in [0.1, 0.15) is 18.9 Å². The molecule has 0 heterocycles. The Morgan fingerprint density at radius 2 is 2.06 bits per heavy atom. The van der Waals surface area contributed by atoms with Crippen LogP contribution < -0.4 is 4.74 Å². The Balaban J connectivity index is 2.58. The maximum Gasteiger partial charge on any atom is 0.123 e. The monoisotopic (exact) mass is 253 g/mol. The zero-order valence-corrected chi connectivity index (χ0v) is 11.9. The van der Waals surface area contributed by atoms with Crippen molar-refractivity contribution in [1.29, 1.82) is 0 Å². The van der Waals surface area contributed by atoms with Crippen molar-refractivity contribution >= 4 is 12.6 Å². The first-order chi connectivity index (χ1) is 8.21. The van der Waals surface area contributed by atoms with Crippen LogP contribution in [0.3, 0.4) is 0 Å². The Morgan fingerprint density at radius 3 is 2.65 bits per heavy atom. The van der Waals surface area contributed by atoms with E-state index in [2.05, 4.69) is 43.6 Å². The lowest BCUT2D eigenvalue weighted by atomic mass is 10.1. The van der Waals surface area contributed by atoms with Gasteiger partial charge in [0.1, 0.15) is 5.75 Å². The van der Waals surface area contributed by atoms with E-state index in [9.17, 15) is 0 Å². The second-order valence-corrected chi connectivity index (χ2v) is 4.83. The maximum absolute atomic E-state index is 5.36. The second-order valence-electron chi connectivity index (χ2n) is 4.47. The van der Waals surface area contributed by atoms with Crippen molar-refractivity contribution in [3.8, 4) is 5.75 Å². The molecule has 0 fully saturated rings. The molecule has 0 saturated carbocycles. The fourth-order valence-corrected chi connectivity index (χ4v) is 2.32. The average molecular weight is 253 g/mol. The third-order valence-corrected chi connectivity index (χ3v) is 3.55. The zero-order chi connectivity index (χ0) is 12.7.